The summed E-state index contributed by atoms with van der Waals surface area (Å²) in [5.41, 5.74) is 6.59. The Morgan fingerprint density at radius 2 is 1.78 bits per heavy atom. The first kappa shape index (κ1) is 21.9. The van der Waals surface area contributed by atoms with Crippen molar-refractivity contribution < 1.29 is 5.11 Å². The van der Waals surface area contributed by atoms with Gasteiger partial charge in [0.05, 0.1) is 0 Å². The third-order valence-electron chi connectivity index (χ3n) is 7.87. The number of aliphatic hydroxyl groups is 1. The van der Waals surface area contributed by atoms with Crippen molar-refractivity contribution in [3.05, 3.63) is 64.7 Å². The Labute approximate surface area is 193 Å². The Morgan fingerprint density at radius 1 is 0.969 bits per heavy atom. The van der Waals surface area contributed by atoms with E-state index in [1.54, 1.807) is 0 Å². The monoisotopic (exact) mass is 433 g/mol. The smallest absolute Gasteiger partial charge is 0.133 e. The summed E-state index contributed by atoms with van der Waals surface area (Å²) in [7, 11) is 0. The molecule has 5 rings (SSSR count). The topological polar surface area (TPSA) is 38.7 Å². The van der Waals surface area contributed by atoms with E-state index >= 15 is 0 Å². The summed E-state index contributed by atoms with van der Waals surface area (Å²) < 4.78 is 0. The van der Waals surface area contributed by atoms with Gasteiger partial charge in [0.2, 0.25) is 0 Å². The number of anilines is 1. The van der Waals surface area contributed by atoms with Crippen LogP contribution in [0, 0.1) is 5.92 Å². The van der Waals surface area contributed by atoms with Gasteiger partial charge in [-0.25, -0.2) is 0 Å². The zero-order valence-corrected chi connectivity index (χ0v) is 19.6. The van der Waals surface area contributed by atoms with Crippen molar-refractivity contribution in [3.8, 4) is 0 Å². The van der Waals surface area contributed by atoms with Crippen molar-refractivity contribution in [2.45, 2.75) is 70.7 Å². The number of benzene rings is 2. The molecule has 0 amide bonds. The van der Waals surface area contributed by atoms with Gasteiger partial charge in [-0.3, -0.25) is 9.80 Å². The largest absolute Gasteiger partial charge is 0.382 e. The Balaban J connectivity index is 1.12. The number of fused-ring (bicyclic) bond motifs is 2. The van der Waals surface area contributed by atoms with Crippen LogP contribution in [0.5, 0.6) is 0 Å². The molecule has 3 aliphatic rings. The first-order valence-corrected chi connectivity index (χ1v) is 12.8. The maximum absolute atomic E-state index is 11.1. The fraction of sp³-hybridized carbons (Fsp3) is 0.571. The van der Waals surface area contributed by atoms with Crippen molar-refractivity contribution in [2.75, 3.05) is 31.5 Å². The number of hydrogen-bond acceptors (Lipinski definition) is 4. The van der Waals surface area contributed by atoms with E-state index in [1.165, 1.54) is 48.1 Å². The van der Waals surface area contributed by atoms with E-state index in [4.69, 9.17) is 0 Å². The lowest BCUT2D eigenvalue weighted by molar-refractivity contribution is -0.00847. The summed E-state index contributed by atoms with van der Waals surface area (Å²) in [6.45, 7) is 7.51. The highest BCUT2D eigenvalue weighted by molar-refractivity contribution is 5.51. The summed E-state index contributed by atoms with van der Waals surface area (Å²) in [6.07, 6.45) is 8.06. The van der Waals surface area contributed by atoms with E-state index in [0.29, 0.717) is 6.04 Å². The fourth-order valence-corrected chi connectivity index (χ4v) is 5.95. The number of nitrogens with zero attached hydrogens (tertiary/aromatic N) is 2. The summed E-state index contributed by atoms with van der Waals surface area (Å²) in [5.74, 6) is 0.907. The molecule has 1 atom stereocenters. The molecule has 1 unspecified atom stereocenters. The van der Waals surface area contributed by atoms with Gasteiger partial charge in [0.1, 0.15) is 6.23 Å². The van der Waals surface area contributed by atoms with Crippen LogP contribution in [-0.2, 0) is 19.4 Å². The Morgan fingerprint density at radius 3 is 2.62 bits per heavy atom. The second-order valence-corrected chi connectivity index (χ2v) is 10.2. The van der Waals surface area contributed by atoms with E-state index < -0.39 is 6.23 Å². The molecule has 2 aromatic rings. The Bertz CT molecular complexity index is 907. The van der Waals surface area contributed by atoms with Gasteiger partial charge in [-0.15, -0.1) is 0 Å². The van der Waals surface area contributed by atoms with Crippen LogP contribution in [0.25, 0.3) is 0 Å². The molecule has 2 aromatic carbocycles. The molecule has 4 nitrogen and oxygen atoms in total. The molecule has 172 valence electrons. The van der Waals surface area contributed by atoms with Crippen LogP contribution in [0.15, 0.2) is 42.5 Å². The van der Waals surface area contributed by atoms with Gasteiger partial charge in [-0.2, -0.15) is 0 Å². The molecule has 2 aliphatic heterocycles. The molecule has 0 spiro atoms. The van der Waals surface area contributed by atoms with E-state index in [2.05, 4.69) is 64.5 Å². The van der Waals surface area contributed by atoms with Crippen LogP contribution in [0.3, 0.4) is 0 Å². The van der Waals surface area contributed by atoms with Gasteiger partial charge >= 0.3 is 0 Å². The summed E-state index contributed by atoms with van der Waals surface area (Å²) in [6, 6.07) is 16.1. The molecule has 0 saturated heterocycles. The van der Waals surface area contributed by atoms with Crippen molar-refractivity contribution in [3.63, 3.8) is 0 Å². The molecule has 4 heteroatoms. The number of hydrogen-bond donors (Lipinski definition) is 2. The molecule has 1 aliphatic carbocycles. The minimum absolute atomic E-state index is 0.475. The molecule has 1 fully saturated rings. The zero-order valence-electron chi connectivity index (χ0n) is 19.6. The van der Waals surface area contributed by atoms with Crippen LogP contribution in [0.4, 0.5) is 5.69 Å². The number of nitrogens with one attached hydrogen (secondary N) is 1. The third-order valence-corrected chi connectivity index (χ3v) is 7.87. The van der Waals surface area contributed by atoms with E-state index in [0.717, 1.165) is 63.5 Å². The van der Waals surface area contributed by atoms with Crippen molar-refractivity contribution >= 4 is 5.69 Å². The molecule has 0 radical (unpaired) electrons. The van der Waals surface area contributed by atoms with Crippen molar-refractivity contribution in [1.82, 2.24) is 9.80 Å². The maximum Gasteiger partial charge on any atom is 0.133 e. The number of aliphatic hydroxyl groups excluding tert-OH is 1. The predicted molar refractivity (Wildman–Crippen MR) is 132 cm³/mol. The van der Waals surface area contributed by atoms with Crippen molar-refractivity contribution in [2.24, 2.45) is 5.92 Å². The highest BCUT2D eigenvalue weighted by atomic mass is 16.3. The van der Waals surface area contributed by atoms with Crippen LogP contribution < -0.4 is 5.32 Å². The predicted octanol–water partition coefficient (Wildman–Crippen LogP) is 4.97. The van der Waals surface area contributed by atoms with E-state index in [1.807, 2.05) is 0 Å². The van der Waals surface area contributed by atoms with Gasteiger partial charge in [0.15, 0.2) is 0 Å². The summed E-state index contributed by atoms with van der Waals surface area (Å²) >= 11 is 0. The van der Waals surface area contributed by atoms with Crippen LogP contribution >= 0.6 is 0 Å². The van der Waals surface area contributed by atoms with Gasteiger partial charge in [-0.05, 0) is 73.4 Å². The summed E-state index contributed by atoms with van der Waals surface area (Å²) in [5, 5.41) is 14.8. The first-order chi connectivity index (χ1) is 15.7. The lowest BCUT2D eigenvalue weighted by Gasteiger charge is -2.38. The average molecular weight is 434 g/mol. The second-order valence-electron chi connectivity index (χ2n) is 10.2. The highest BCUT2D eigenvalue weighted by Crippen LogP contribution is 2.35. The van der Waals surface area contributed by atoms with Gasteiger partial charge in [0.25, 0.3) is 0 Å². The lowest BCUT2D eigenvalue weighted by Crippen LogP contribution is -2.38. The molecule has 0 aromatic heterocycles. The van der Waals surface area contributed by atoms with Crippen LogP contribution in [-0.4, -0.2) is 47.1 Å². The van der Waals surface area contributed by atoms with Crippen LogP contribution in [0.1, 0.15) is 67.5 Å². The summed E-state index contributed by atoms with van der Waals surface area (Å²) in [4.78, 5) is 4.84. The normalized spacial score (nSPS) is 25.6. The fourth-order valence-electron chi connectivity index (χ4n) is 5.95. The van der Waals surface area contributed by atoms with E-state index in [9.17, 15) is 5.11 Å². The van der Waals surface area contributed by atoms with Gasteiger partial charge in [-0.1, -0.05) is 50.1 Å². The quantitative estimate of drug-likeness (QED) is 0.616. The minimum Gasteiger partial charge on any atom is -0.382 e. The Hall–Kier alpha value is -1.88. The van der Waals surface area contributed by atoms with Crippen molar-refractivity contribution in [1.29, 1.82) is 0 Å². The molecular formula is C28H39N3O. The van der Waals surface area contributed by atoms with Crippen LogP contribution in [0.2, 0.25) is 0 Å². The molecule has 0 bridgehead atoms. The average Bonchev–Trinajstić information content (AvgIpc) is 2.79. The molecule has 32 heavy (non-hydrogen) atoms. The van der Waals surface area contributed by atoms with Gasteiger partial charge in [0, 0.05) is 43.5 Å². The number of rotatable bonds is 8. The highest BCUT2D eigenvalue weighted by Gasteiger charge is 2.29. The minimum atomic E-state index is -0.475. The molecular weight excluding hydrogens is 394 g/mol. The SMILES string of the molecule is CCCC1CC(Nc2ccc3c(c2)C(O)N(CCCN2CCc4ccccc4C2)CC3)C1. The zero-order chi connectivity index (χ0) is 21.9. The standard InChI is InChI=1S/C28H39N3O/c1-2-6-21-17-26(18-21)29-25-10-9-23-12-16-31(28(32)27(23)19-25)14-5-13-30-15-11-22-7-3-4-8-24(22)20-30/h3-4,7-10,19,21,26,28-29,32H,2,5-6,11-18,20H2,1H3. The molecule has 1 saturated carbocycles. The molecule has 2 heterocycles. The second kappa shape index (κ2) is 9.94. The van der Waals surface area contributed by atoms with Gasteiger partial charge < -0.3 is 10.4 Å². The lowest BCUT2D eigenvalue weighted by atomic mass is 9.77. The third kappa shape index (κ3) is 4.88. The first-order valence-electron chi connectivity index (χ1n) is 12.8. The van der Waals surface area contributed by atoms with E-state index in [-0.39, 0.29) is 0 Å². The molecule has 2 N–H and O–H groups in total. The Kier molecular flexibility index (Phi) is 6.82. The maximum atomic E-state index is 11.1.